The second-order valence-corrected chi connectivity index (χ2v) is 6.46. The predicted molar refractivity (Wildman–Crippen MR) is 82.7 cm³/mol. The summed E-state index contributed by atoms with van der Waals surface area (Å²) in [6.07, 6.45) is 7.28. The smallest absolute Gasteiger partial charge is 0.0800 e. The van der Waals surface area contributed by atoms with Crippen LogP contribution in [0.2, 0.25) is 0 Å². The molecule has 20 heavy (non-hydrogen) atoms. The minimum Gasteiger partial charge on any atom is -0.370 e. The standard InChI is InChI=1S/C18H27NO/c1-3-19-16-13-17(18(16)11-7-8-12-18)20-14(2)15-9-5-4-6-10-15/h4-6,9-10,14,16-17,19H,3,7-8,11-13H2,1-2H3. The van der Waals surface area contributed by atoms with Crippen LogP contribution < -0.4 is 5.32 Å². The maximum Gasteiger partial charge on any atom is 0.0800 e. The largest absolute Gasteiger partial charge is 0.370 e. The summed E-state index contributed by atoms with van der Waals surface area (Å²) in [5.74, 6) is 0. The van der Waals surface area contributed by atoms with Crippen LogP contribution >= 0.6 is 0 Å². The van der Waals surface area contributed by atoms with Crippen molar-refractivity contribution in [2.24, 2.45) is 5.41 Å². The van der Waals surface area contributed by atoms with Crippen LogP contribution in [0.3, 0.4) is 0 Å². The topological polar surface area (TPSA) is 21.3 Å². The van der Waals surface area contributed by atoms with E-state index < -0.39 is 0 Å². The SMILES string of the molecule is CCNC1CC(OC(C)c2ccccc2)C12CCCC2. The van der Waals surface area contributed by atoms with Crippen LogP contribution in [0.15, 0.2) is 30.3 Å². The van der Waals surface area contributed by atoms with Crippen molar-refractivity contribution in [3.8, 4) is 0 Å². The molecule has 2 aliphatic rings. The van der Waals surface area contributed by atoms with Gasteiger partial charge in [-0.1, -0.05) is 50.1 Å². The van der Waals surface area contributed by atoms with Crippen molar-refractivity contribution in [1.29, 1.82) is 0 Å². The van der Waals surface area contributed by atoms with Gasteiger partial charge in [0.1, 0.15) is 0 Å². The van der Waals surface area contributed by atoms with E-state index in [4.69, 9.17) is 4.74 Å². The highest BCUT2D eigenvalue weighted by molar-refractivity contribution is 5.18. The van der Waals surface area contributed by atoms with E-state index in [1.807, 2.05) is 0 Å². The second-order valence-electron chi connectivity index (χ2n) is 6.46. The molecule has 0 saturated heterocycles. The Morgan fingerprint density at radius 2 is 1.95 bits per heavy atom. The number of nitrogens with one attached hydrogen (secondary N) is 1. The van der Waals surface area contributed by atoms with Gasteiger partial charge in [0.2, 0.25) is 0 Å². The average Bonchev–Trinajstić information content (AvgIpc) is 2.99. The first-order chi connectivity index (χ1) is 9.76. The van der Waals surface area contributed by atoms with Gasteiger partial charge in [-0.2, -0.15) is 0 Å². The van der Waals surface area contributed by atoms with Gasteiger partial charge in [-0.15, -0.1) is 0 Å². The molecule has 2 fully saturated rings. The maximum absolute atomic E-state index is 6.45. The fraction of sp³-hybridized carbons (Fsp3) is 0.667. The lowest BCUT2D eigenvalue weighted by atomic mass is 9.60. The summed E-state index contributed by atoms with van der Waals surface area (Å²) in [6, 6.07) is 11.3. The Kier molecular flexibility index (Phi) is 4.13. The van der Waals surface area contributed by atoms with E-state index in [1.54, 1.807) is 0 Å². The van der Waals surface area contributed by atoms with Crippen LogP contribution in [0, 0.1) is 5.41 Å². The molecule has 2 heteroatoms. The van der Waals surface area contributed by atoms with Gasteiger partial charge >= 0.3 is 0 Å². The zero-order valence-corrected chi connectivity index (χ0v) is 12.8. The molecule has 3 atom stereocenters. The molecule has 3 rings (SSSR count). The van der Waals surface area contributed by atoms with Crippen LogP contribution in [0.25, 0.3) is 0 Å². The van der Waals surface area contributed by atoms with E-state index >= 15 is 0 Å². The van der Waals surface area contributed by atoms with E-state index in [0.29, 0.717) is 17.6 Å². The quantitative estimate of drug-likeness (QED) is 0.873. The Bertz CT molecular complexity index is 424. The molecule has 2 aliphatic carbocycles. The van der Waals surface area contributed by atoms with Crippen LogP contribution in [0.5, 0.6) is 0 Å². The molecule has 1 aromatic rings. The van der Waals surface area contributed by atoms with Gasteiger partial charge in [0, 0.05) is 11.5 Å². The van der Waals surface area contributed by atoms with E-state index in [0.717, 1.165) is 6.54 Å². The van der Waals surface area contributed by atoms with Crippen molar-refractivity contribution in [3.63, 3.8) is 0 Å². The highest BCUT2D eigenvalue weighted by Gasteiger charge is 2.56. The molecule has 0 bridgehead atoms. The fourth-order valence-electron chi connectivity index (χ4n) is 4.22. The summed E-state index contributed by atoms with van der Waals surface area (Å²) in [4.78, 5) is 0. The van der Waals surface area contributed by atoms with Crippen LogP contribution in [-0.2, 0) is 4.74 Å². The molecule has 0 amide bonds. The molecule has 110 valence electrons. The fourth-order valence-corrected chi connectivity index (χ4v) is 4.22. The third kappa shape index (κ3) is 2.40. The number of rotatable bonds is 5. The number of ether oxygens (including phenoxy) is 1. The number of hydrogen-bond donors (Lipinski definition) is 1. The van der Waals surface area contributed by atoms with Crippen molar-refractivity contribution in [2.45, 2.75) is 64.2 Å². The van der Waals surface area contributed by atoms with E-state index in [2.05, 4.69) is 49.5 Å². The van der Waals surface area contributed by atoms with Gasteiger partial charge in [0.05, 0.1) is 12.2 Å². The monoisotopic (exact) mass is 273 g/mol. The minimum atomic E-state index is 0.209. The summed E-state index contributed by atoms with van der Waals surface area (Å²) >= 11 is 0. The highest BCUT2D eigenvalue weighted by atomic mass is 16.5. The first kappa shape index (κ1) is 14.1. The third-order valence-electron chi connectivity index (χ3n) is 5.41. The molecule has 1 N–H and O–H groups in total. The molecular formula is C18H27NO. The highest BCUT2D eigenvalue weighted by Crippen LogP contribution is 2.55. The Balaban J connectivity index is 1.66. The summed E-state index contributed by atoms with van der Waals surface area (Å²) in [6.45, 7) is 5.48. The first-order valence-electron chi connectivity index (χ1n) is 8.20. The van der Waals surface area contributed by atoms with Crippen LogP contribution in [0.4, 0.5) is 0 Å². The number of hydrogen-bond acceptors (Lipinski definition) is 2. The Labute approximate surface area is 122 Å². The molecular weight excluding hydrogens is 246 g/mol. The first-order valence-corrected chi connectivity index (χ1v) is 8.20. The molecule has 1 spiro atoms. The molecule has 0 heterocycles. The normalized spacial score (nSPS) is 29.3. The summed E-state index contributed by atoms with van der Waals surface area (Å²) in [5.41, 5.74) is 1.73. The molecule has 2 nitrogen and oxygen atoms in total. The van der Waals surface area contributed by atoms with Crippen LogP contribution in [-0.4, -0.2) is 18.7 Å². The molecule has 0 aliphatic heterocycles. The van der Waals surface area contributed by atoms with Gasteiger partial charge < -0.3 is 10.1 Å². The van der Waals surface area contributed by atoms with Gasteiger partial charge in [-0.05, 0) is 38.3 Å². The average molecular weight is 273 g/mol. The minimum absolute atomic E-state index is 0.209. The van der Waals surface area contributed by atoms with E-state index in [9.17, 15) is 0 Å². The van der Waals surface area contributed by atoms with Crippen molar-refractivity contribution >= 4 is 0 Å². The van der Waals surface area contributed by atoms with Gasteiger partial charge in [-0.25, -0.2) is 0 Å². The lowest BCUT2D eigenvalue weighted by molar-refractivity contribution is -0.158. The van der Waals surface area contributed by atoms with Gasteiger partial charge in [0.15, 0.2) is 0 Å². The second kappa shape index (κ2) is 5.87. The molecule has 1 aromatic carbocycles. The lowest BCUT2D eigenvalue weighted by Gasteiger charge is -2.55. The molecule has 0 aromatic heterocycles. The summed E-state index contributed by atoms with van der Waals surface area (Å²) < 4.78 is 6.45. The van der Waals surface area contributed by atoms with Gasteiger partial charge in [-0.3, -0.25) is 0 Å². The lowest BCUT2D eigenvalue weighted by Crippen LogP contribution is -2.62. The summed E-state index contributed by atoms with van der Waals surface area (Å²) in [7, 11) is 0. The van der Waals surface area contributed by atoms with Crippen molar-refractivity contribution in [2.75, 3.05) is 6.54 Å². The van der Waals surface area contributed by atoms with Crippen molar-refractivity contribution in [1.82, 2.24) is 5.32 Å². The maximum atomic E-state index is 6.45. The Hall–Kier alpha value is -0.860. The third-order valence-corrected chi connectivity index (χ3v) is 5.41. The zero-order chi connectivity index (χ0) is 14.0. The molecule has 0 radical (unpaired) electrons. The van der Waals surface area contributed by atoms with Crippen molar-refractivity contribution < 1.29 is 4.74 Å². The van der Waals surface area contributed by atoms with E-state index in [-0.39, 0.29) is 6.10 Å². The Morgan fingerprint density at radius 3 is 2.60 bits per heavy atom. The number of benzene rings is 1. The van der Waals surface area contributed by atoms with Crippen molar-refractivity contribution in [3.05, 3.63) is 35.9 Å². The molecule has 3 unspecified atom stereocenters. The summed E-state index contributed by atoms with van der Waals surface area (Å²) in [5, 5.41) is 3.68. The predicted octanol–water partition coefficient (Wildman–Crippen LogP) is 4.08. The van der Waals surface area contributed by atoms with E-state index in [1.165, 1.54) is 37.7 Å². The van der Waals surface area contributed by atoms with Crippen LogP contribution in [0.1, 0.15) is 57.6 Å². The zero-order valence-electron chi connectivity index (χ0n) is 12.8. The Morgan fingerprint density at radius 1 is 1.25 bits per heavy atom. The molecule has 2 saturated carbocycles. The van der Waals surface area contributed by atoms with Gasteiger partial charge in [0.25, 0.3) is 0 Å².